The Hall–Kier alpha value is -1.71. The van der Waals surface area contributed by atoms with Crippen LogP contribution in [0.3, 0.4) is 0 Å². The maximum absolute atomic E-state index is 5.55. The van der Waals surface area contributed by atoms with E-state index in [1.807, 2.05) is 18.2 Å². The molecule has 0 radical (unpaired) electrons. The van der Waals surface area contributed by atoms with Gasteiger partial charge in [0.25, 0.3) is 0 Å². The maximum Gasteiger partial charge on any atom is 0.163 e. The van der Waals surface area contributed by atoms with E-state index in [1.165, 1.54) is 6.42 Å². The number of nitrogens with zero attached hydrogens (tertiary/aromatic N) is 2. The van der Waals surface area contributed by atoms with Gasteiger partial charge in [0.05, 0.1) is 5.69 Å². The summed E-state index contributed by atoms with van der Waals surface area (Å²) in [6.07, 6.45) is 2.25. The first-order valence-corrected chi connectivity index (χ1v) is 6.01. The van der Waals surface area contributed by atoms with Crippen molar-refractivity contribution < 1.29 is 9.47 Å². The molecule has 2 aliphatic rings. The van der Waals surface area contributed by atoms with Gasteiger partial charge < -0.3 is 14.4 Å². The van der Waals surface area contributed by atoms with Gasteiger partial charge in [0.2, 0.25) is 0 Å². The molecule has 2 heterocycles. The minimum absolute atomic E-state index is 0.618. The second-order valence-electron chi connectivity index (χ2n) is 4.38. The molecule has 0 aromatic heterocycles. The molecule has 0 atom stereocenters. The Bertz CT molecular complexity index is 457. The molecule has 0 bridgehead atoms. The molecule has 1 aromatic carbocycles. The number of rotatable bonds is 1. The van der Waals surface area contributed by atoms with Crippen LogP contribution in [0.4, 0.5) is 5.69 Å². The van der Waals surface area contributed by atoms with E-state index < -0.39 is 0 Å². The minimum Gasteiger partial charge on any atom is -0.486 e. The smallest absolute Gasteiger partial charge is 0.163 e. The summed E-state index contributed by atoms with van der Waals surface area (Å²) >= 11 is 0. The van der Waals surface area contributed by atoms with Crippen molar-refractivity contribution in [2.75, 3.05) is 26.8 Å². The lowest BCUT2D eigenvalue weighted by atomic mass is 10.2. The third-order valence-electron chi connectivity index (χ3n) is 3.12. The van der Waals surface area contributed by atoms with Gasteiger partial charge in [-0.3, -0.25) is 0 Å². The van der Waals surface area contributed by atoms with Crippen molar-refractivity contribution >= 4 is 11.5 Å². The van der Waals surface area contributed by atoms with E-state index in [-0.39, 0.29) is 0 Å². The number of aliphatic imine (C=N–C) groups is 1. The van der Waals surface area contributed by atoms with Gasteiger partial charge in [-0.25, -0.2) is 4.99 Å². The van der Waals surface area contributed by atoms with Crippen LogP contribution in [0.2, 0.25) is 0 Å². The fourth-order valence-electron chi connectivity index (χ4n) is 2.19. The van der Waals surface area contributed by atoms with E-state index in [9.17, 15) is 0 Å². The van der Waals surface area contributed by atoms with Crippen molar-refractivity contribution in [1.29, 1.82) is 0 Å². The molecular weight excluding hydrogens is 216 g/mol. The number of benzene rings is 1. The quantitative estimate of drug-likeness (QED) is 0.744. The SMILES string of the molecule is CN1CCCC1=Nc1ccc2c(c1)OCCO2. The number of amidine groups is 1. The molecule has 1 saturated heterocycles. The number of hydrogen-bond donors (Lipinski definition) is 0. The standard InChI is InChI=1S/C13H16N2O2/c1-15-6-2-3-13(15)14-10-4-5-11-12(9-10)17-8-7-16-11/h4-5,9H,2-3,6-8H2,1H3. The second-order valence-corrected chi connectivity index (χ2v) is 4.38. The summed E-state index contributed by atoms with van der Waals surface area (Å²) in [5.41, 5.74) is 0.943. The van der Waals surface area contributed by atoms with Crippen LogP contribution in [0.1, 0.15) is 12.8 Å². The van der Waals surface area contributed by atoms with E-state index in [2.05, 4.69) is 16.9 Å². The molecule has 0 unspecified atom stereocenters. The van der Waals surface area contributed by atoms with Gasteiger partial charge >= 0.3 is 0 Å². The van der Waals surface area contributed by atoms with Crippen LogP contribution in [-0.2, 0) is 0 Å². The predicted molar refractivity (Wildman–Crippen MR) is 66.4 cm³/mol. The van der Waals surface area contributed by atoms with E-state index in [1.54, 1.807) is 0 Å². The molecule has 1 aromatic rings. The molecule has 0 N–H and O–H groups in total. The van der Waals surface area contributed by atoms with Crippen molar-refractivity contribution in [1.82, 2.24) is 4.90 Å². The van der Waals surface area contributed by atoms with E-state index in [4.69, 9.17) is 9.47 Å². The lowest BCUT2D eigenvalue weighted by Crippen LogP contribution is -2.18. The zero-order valence-corrected chi connectivity index (χ0v) is 9.98. The fourth-order valence-corrected chi connectivity index (χ4v) is 2.19. The van der Waals surface area contributed by atoms with Crippen molar-refractivity contribution in [3.05, 3.63) is 18.2 Å². The Morgan fingerprint density at radius 1 is 1.18 bits per heavy atom. The highest BCUT2D eigenvalue weighted by atomic mass is 16.6. The zero-order chi connectivity index (χ0) is 11.7. The summed E-state index contributed by atoms with van der Waals surface area (Å²) in [6.45, 7) is 2.35. The summed E-state index contributed by atoms with van der Waals surface area (Å²) in [5, 5.41) is 0. The Labute approximate surface area is 101 Å². The fraction of sp³-hybridized carbons (Fsp3) is 0.462. The van der Waals surface area contributed by atoms with Crippen LogP contribution in [0, 0.1) is 0 Å². The largest absolute Gasteiger partial charge is 0.486 e. The van der Waals surface area contributed by atoms with E-state index in [0.717, 1.165) is 36.0 Å². The molecule has 17 heavy (non-hydrogen) atoms. The summed E-state index contributed by atoms with van der Waals surface area (Å²) in [7, 11) is 2.09. The summed E-state index contributed by atoms with van der Waals surface area (Å²) < 4.78 is 11.0. The van der Waals surface area contributed by atoms with Crippen LogP contribution >= 0.6 is 0 Å². The van der Waals surface area contributed by atoms with Crippen LogP contribution in [-0.4, -0.2) is 37.5 Å². The number of ether oxygens (including phenoxy) is 2. The van der Waals surface area contributed by atoms with Gasteiger partial charge in [0.1, 0.15) is 19.0 Å². The Morgan fingerprint density at radius 2 is 2.00 bits per heavy atom. The molecule has 3 rings (SSSR count). The second kappa shape index (κ2) is 4.28. The molecule has 0 saturated carbocycles. The average molecular weight is 232 g/mol. The van der Waals surface area contributed by atoms with Crippen LogP contribution < -0.4 is 9.47 Å². The predicted octanol–water partition coefficient (Wildman–Crippen LogP) is 2.21. The van der Waals surface area contributed by atoms with Gasteiger partial charge in [-0.15, -0.1) is 0 Å². The van der Waals surface area contributed by atoms with Crippen LogP contribution in [0.25, 0.3) is 0 Å². The highest BCUT2D eigenvalue weighted by Crippen LogP contribution is 2.34. The summed E-state index contributed by atoms with van der Waals surface area (Å²) in [6, 6.07) is 5.86. The van der Waals surface area contributed by atoms with Gasteiger partial charge in [-0.2, -0.15) is 0 Å². The molecule has 4 heteroatoms. The minimum atomic E-state index is 0.618. The van der Waals surface area contributed by atoms with Crippen LogP contribution in [0.15, 0.2) is 23.2 Å². The zero-order valence-electron chi connectivity index (χ0n) is 9.98. The van der Waals surface area contributed by atoms with Crippen molar-refractivity contribution in [3.63, 3.8) is 0 Å². The number of likely N-dealkylation sites (tertiary alicyclic amines) is 1. The summed E-state index contributed by atoms with van der Waals surface area (Å²) in [5.74, 6) is 2.78. The van der Waals surface area contributed by atoms with Gasteiger partial charge in [-0.1, -0.05) is 0 Å². The topological polar surface area (TPSA) is 34.1 Å². The van der Waals surface area contributed by atoms with E-state index >= 15 is 0 Å². The summed E-state index contributed by atoms with van der Waals surface area (Å²) in [4.78, 5) is 6.86. The van der Waals surface area contributed by atoms with Gasteiger partial charge in [-0.05, 0) is 18.6 Å². The normalized spacial score (nSPS) is 21.0. The third kappa shape index (κ3) is 2.07. The van der Waals surface area contributed by atoms with Crippen molar-refractivity contribution in [2.24, 2.45) is 4.99 Å². The number of fused-ring (bicyclic) bond motifs is 1. The molecule has 0 aliphatic carbocycles. The Morgan fingerprint density at radius 3 is 2.76 bits per heavy atom. The number of hydrogen-bond acceptors (Lipinski definition) is 3. The molecule has 90 valence electrons. The molecule has 0 amide bonds. The maximum atomic E-state index is 5.55. The van der Waals surface area contributed by atoms with Crippen LogP contribution in [0.5, 0.6) is 11.5 Å². The lowest BCUT2D eigenvalue weighted by molar-refractivity contribution is 0.171. The first kappa shape index (κ1) is 10.4. The van der Waals surface area contributed by atoms with Gasteiger partial charge in [0, 0.05) is 26.1 Å². The molecule has 1 fully saturated rings. The Balaban J connectivity index is 1.88. The van der Waals surface area contributed by atoms with E-state index in [0.29, 0.717) is 13.2 Å². The van der Waals surface area contributed by atoms with Crippen molar-refractivity contribution in [2.45, 2.75) is 12.8 Å². The first-order chi connectivity index (χ1) is 8.33. The Kier molecular flexibility index (Phi) is 2.63. The average Bonchev–Trinajstić information content (AvgIpc) is 2.75. The third-order valence-corrected chi connectivity index (χ3v) is 3.12. The first-order valence-electron chi connectivity index (χ1n) is 6.01. The highest BCUT2D eigenvalue weighted by molar-refractivity contribution is 5.86. The van der Waals surface area contributed by atoms with Crippen molar-refractivity contribution in [3.8, 4) is 11.5 Å². The monoisotopic (exact) mass is 232 g/mol. The molecule has 4 nitrogen and oxygen atoms in total. The lowest BCUT2D eigenvalue weighted by Gasteiger charge is -2.18. The molecular formula is C13H16N2O2. The molecule has 0 spiro atoms. The highest BCUT2D eigenvalue weighted by Gasteiger charge is 2.15. The van der Waals surface area contributed by atoms with Gasteiger partial charge in [0.15, 0.2) is 11.5 Å². The molecule has 2 aliphatic heterocycles.